The molecule has 0 aliphatic heterocycles. The first-order valence-corrected chi connectivity index (χ1v) is 23.6. The maximum atomic E-state index is 13.9. The number of rotatable bonds is 35. The van der Waals surface area contributed by atoms with E-state index in [1.165, 1.54) is 0 Å². The summed E-state index contributed by atoms with van der Waals surface area (Å²) in [4.78, 5) is 42.3. The Morgan fingerprint density at radius 3 is 2.12 bits per heavy atom. The van der Waals surface area contributed by atoms with Gasteiger partial charge in [0.15, 0.2) is 0 Å². The first kappa shape index (κ1) is 54.5. The highest BCUT2D eigenvalue weighted by atomic mass is 16.5. The van der Waals surface area contributed by atoms with Gasteiger partial charge in [0.1, 0.15) is 24.1 Å². The van der Waals surface area contributed by atoms with Crippen LogP contribution < -0.4 is 20.1 Å². The van der Waals surface area contributed by atoms with Crippen LogP contribution in [0, 0.1) is 6.92 Å². The Labute approximate surface area is 403 Å². The lowest BCUT2D eigenvalue weighted by atomic mass is 9.99. The molecule has 0 aliphatic rings. The monoisotopic (exact) mass is 936 g/mol. The maximum Gasteiger partial charge on any atom is 0.247 e. The molecule has 4 rings (SSSR count). The first-order chi connectivity index (χ1) is 33.0. The van der Waals surface area contributed by atoms with E-state index in [0.717, 1.165) is 59.6 Å². The smallest absolute Gasteiger partial charge is 0.247 e. The van der Waals surface area contributed by atoms with Gasteiger partial charge in [-0.15, -0.1) is 5.10 Å². The third kappa shape index (κ3) is 20.0. The summed E-state index contributed by atoms with van der Waals surface area (Å²) < 4.78 is 30.6. The highest BCUT2D eigenvalue weighted by Gasteiger charge is 2.34. The van der Waals surface area contributed by atoms with Crippen molar-refractivity contribution in [3.8, 4) is 11.5 Å². The lowest BCUT2D eigenvalue weighted by Gasteiger charge is -2.35. The average molecular weight is 936 g/mol. The van der Waals surface area contributed by atoms with Crippen LogP contribution in [0.1, 0.15) is 68.5 Å². The van der Waals surface area contributed by atoms with E-state index in [9.17, 15) is 14.4 Å². The van der Waals surface area contributed by atoms with E-state index in [1.807, 2.05) is 88.5 Å². The van der Waals surface area contributed by atoms with Gasteiger partial charge in [-0.25, -0.2) is 4.68 Å². The summed E-state index contributed by atoms with van der Waals surface area (Å²) in [6.45, 7) is 22.0. The number of carbonyl (C=O) groups is 3. The van der Waals surface area contributed by atoms with Crippen molar-refractivity contribution in [2.24, 2.45) is 0 Å². The van der Waals surface area contributed by atoms with Crippen LogP contribution in [0.3, 0.4) is 0 Å². The molecule has 368 valence electrons. The molecule has 0 radical (unpaired) electrons. The number of nitrogens with one attached hydrogen (secondary N) is 2. The Morgan fingerprint density at radius 2 is 1.44 bits per heavy atom. The zero-order chi connectivity index (χ0) is 48.9. The van der Waals surface area contributed by atoms with Gasteiger partial charge in [-0.1, -0.05) is 78.6 Å². The number of hydrogen-bond donors (Lipinski definition) is 2. The number of unbranched alkanes of at least 4 members (excludes halogenated alkanes) is 1. The topological polar surface area (TPSA) is 159 Å². The van der Waals surface area contributed by atoms with Crippen LogP contribution in [0.25, 0.3) is 0 Å². The van der Waals surface area contributed by atoms with E-state index in [2.05, 4.69) is 46.1 Å². The van der Waals surface area contributed by atoms with Gasteiger partial charge in [-0.3, -0.25) is 14.4 Å². The average Bonchev–Trinajstić information content (AvgIpc) is 3.79. The van der Waals surface area contributed by atoms with E-state index in [1.54, 1.807) is 46.0 Å². The maximum absolute atomic E-state index is 13.9. The zero-order valence-electron chi connectivity index (χ0n) is 40.8. The van der Waals surface area contributed by atoms with Crippen molar-refractivity contribution in [1.82, 2.24) is 30.1 Å². The highest BCUT2D eigenvalue weighted by Crippen LogP contribution is 2.27. The van der Waals surface area contributed by atoms with Crippen LogP contribution in [0.15, 0.2) is 116 Å². The van der Waals surface area contributed by atoms with E-state index in [-0.39, 0.29) is 30.3 Å². The molecule has 1 aromatic heterocycles. The van der Waals surface area contributed by atoms with Gasteiger partial charge in [0.2, 0.25) is 18.2 Å². The van der Waals surface area contributed by atoms with E-state index in [0.29, 0.717) is 90.1 Å². The Bertz CT molecular complexity index is 2120. The molecule has 0 spiro atoms. The summed E-state index contributed by atoms with van der Waals surface area (Å²) >= 11 is 0. The van der Waals surface area contributed by atoms with Crippen LogP contribution in [0.5, 0.6) is 11.5 Å². The molecule has 0 saturated heterocycles. The molecular weight excluding hydrogens is 863 g/mol. The molecule has 3 amide bonds. The molecule has 0 fully saturated rings. The Morgan fingerprint density at radius 1 is 0.779 bits per heavy atom. The van der Waals surface area contributed by atoms with Gasteiger partial charge in [-0.2, -0.15) is 0 Å². The summed E-state index contributed by atoms with van der Waals surface area (Å²) in [6, 6.07) is 21.5. The van der Waals surface area contributed by atoms with Crippen LogP contribution >= 0.6 is 0 Å². The number of anilines is 1. The SMILES string of the molecule is C=C/C=C(\C=C)C(C)NC(=O)C(c1ccc(C)cc1)N(C(=O)CCc1ccc(OCCCCN(C)CCOCCOCCc2cn(CCOCCOc3ccc(NC=O)cc3)nn2)cc1)C(C)C. The fraction of sp³-hybridized carbons (Fsp3) is 0.453. The standard InChI is InChI=1S/C53H73N7O8/c1-8-12-45(9-2)43(6)55-53(63)52(46-18-13-42(5)14-19-46)60(41(3)4)51(62)26-17-44-15-22-49(23-16-44)67-31-11-10-28-58(7)29-33-65-36-35-64-32-27-48-39-59(57-56-48)30-34-66-37-38-68-50-24-20-47(21-25-50)54-40-61/h8-9,12-16,18-25,39-41,43,52H,1-2,10-11,17,26-38H2,3-7H3,(H,54,61)(H,55,63)/b45-12+. The Kier molecular flexibility index (Phi) is 24.8. The van der Waals surface area contributed by atoms with Crippen LogP contribution in [-0.4, -0.2) is 128 Å². The molecule has 1 heterocycles. The van der Waals surface area contributed by atoms with Crippen molar-refractivity contribution in [3.05, 3.63) is 138 Å². The van der Waals surface area contributed by atoms with Crippen LogP contribution in [0.4, 0.5) is 5.69 Å². The number of likely N-dealkylation sites (N-methyl/N-ethyl adjacent to an activating group) is 1. The minimum atomic E-state index is -0.793. The number of ether oxygens (including phenoxy) is 5. The Balaban J connectivity index is 1.03. The third-order valence-electron chi connectivity index (χ3n) is 11.0. The lowest BCUT2D eigenvalue weighted by molar-refractivity contribution is -0.143. The normalized spacial score (nSPS) is 12.4. The predicted molar refractivity (Wildman–Crippen MR) is 267 cm³/mol. The molecule has 0 aliphatic carbocycles. The number of aryl methyl sites for hydroxylation is 2. The number of nitrogens with zero attached hydrogens (tertiary/aromatic N) is 5. The molecule has 2 atom stereocenters. The molecule has 2 N–H and O–H groups in total. The fourth-order valence-corrected chi connectivity index (χ4v) is 7.21. The number of carbonyl (C=O) groups excluding carboxylic acids is 3. The minimum Gasteiger partial charge on any atom is -0.494 e. The number of aromatic nitrogens is 3. The van der Waals surface area contributed by atoms with Crippen LogP contribution in [-0.2, 0) is 48.0 Å². The molecule has 3 aromatic carbocycles. The second kappa shape index (κ2) is 31.0. The van der Waals surface area contributed by atoms with E-state index < -0.39 is 6.04 Å². The highest BCUT2D eigenvalue weighted by molar-refractivity contribution is 5.89. The van der Waals surface area contributed by atoms with Crippen molar-refractivity contribution < 1.29 is 38.1 Å². The van der Waals surface area contributed by atoms with Crippen molar-refractivity contribution >= 4 is 23.9 Å². The van der Waals surface area contributed by atoms with Crippen molar-refractivity contribution in [2.75, 3.05) is 78.3 Å². The summed E-state index contributed by atoms with van der Waals surface area (Å²) in [5.41, 5.74) is 5.26. The zero-order valence-corrected chi connectivity index (χ0v) is 40.8. The van der Waals surface area contributed by atoms with Gasteiger partial charge in [0, 0.05) is 37.3 Å². The lowest BCUT2D eigenvalue weighted by Crippen LogP contribution is -2.49. The minimum absolute atomic E-state index is 0.0921. The molecule has 0 bridgehead atoms. The van der Waals surface area contributed by atoms with Crippen molar-refractivity contribution in [1.29, 1.82) is 0 Å². The Hall–Kier alpha value is -6.13. The van der Waals surface area contributed by atoms with E-state index >= 15 is 0 Å². The summed E-state index contributed by atoms with van der Waals surface area (Å²) in [6.07, 6.45) is 11.1. The second-order valence-corrected chi connectivity index (χ2v) is 16.7. The quantitative estimate of drug-likeness (QED) is 0.0270. The van der Waals surface area contributed by atoms with Crippen LogP contribution in [0.2, 0.25) is 0 Å². The summed E-state index contributed by atoms with van der Waals surface area (Å²) in [5, 5.41) is 14.1. The number of benzene rings is 3. The van der Waals surface area contributed by atoms with Gasteiger partial charge >= 0.3 is 0 Å². The van der Waals surface area contributed by atoms with Gasteiger partial charge in [0.05, 0.1) is 64.5 Å². The molecule has 2 unspecified atom stereocenters. The molecule has 4 aromatic rings. The molecule has 15 nitrogen and oxygen atoms in total. The van der Waals surface area contributed by atoms with Gasteiger partial charge < -0.3 is 44.1 Å². The fourth-order valence-electron chi connectivity index (χ4n) is 7.21. The summed E-state index contributed by atoms with van der Waals surface area (Å²) in [5.74, 6) is 1.16. The van der Waals surface area contributed by atoms with Crippen molar-refractivity contribution in [3.63, 3.8) is 0 Å². The third-order valence-corrected chi connectivity index (χ3v) is 11.0. The number of amides is 3. The number of allylic oxidation sites excluding steroid dienone is 2. The molecule has 15 heteroatoms. The molecule has 68 heavy (non-hydrogen) atoms. The van der Waals surface area contributed by atoms with Gasteiger partial charge in [0.25, 0.3) is 0 Å². The largest absolute Gasteiger partial charge is 0.494 e. The molecular formula is C53H73N7O8. The van der Waals surface area contributed by atoms with Gasteiger partial charge in [-0.05, 0) is 114 Å². The second-order valence-electron chi connectivity index (χ2n) is 16.7. The van der Waals surface area contributed by atoms with E-state index in [4.69, 9.17) is 23.7 Å². The summed E-state index contributed by atoms with van der Waals surface area (Å²) in [7, 11) is 2.09. The number of hydrogen-bond acceptors (Lipinski definition) is 11. The molecule has 0 saturated carbocycles. The first-order valence-electron chi connectivity index (χ1n) is 23.6. The van der Waals surface area contributed by atoms with Crippen molar-refractivity contribution in [2.45, 2.75) is 84.5 Å². The predicted octanol–water partition coefficient (Wildman–Crippen LogP) is 7.33.